The molecule has 2 N–H and O–H groups in total. The van der Waals surface area contributed by atoms with Crippen LogP contribution in [0.3, 0.4) is 0 Å². The molecular weight excluding hydrogens is 698 g/mol. The molecule has 0 spiro atoms. The Bertz CT molecular complexity index is 1830. The maximum Gasteiger partial charge on any atom is 0.471 e. The summed E-state index contributed by atoms with van der Waals surface area (Å²) in [5.41, 5.74) is 0.672. The summed E-state index contributed by atoms with van der Waals surface area (Å²) in [7, 11) is 1.28. The lowest BCUT2D eigenvalue weighted by atomic mass is 9.75. The van der Waals surface area contributed by atoms with Crippen molar-refractivity contribution in [2.75, 3.05) is 39.8 Å². The molecule has 1 aromatic heterocycles. The fraction of sp³-hybridized carbons (Fsp3) is 0.324. The van der Waals surface area contributed by atoms with Crippen LogP contribution in [0.2, 0.25) is 0 Å². The smallest absolute Gasteiger partial charge is 0.349 e. The highest BCUT2D eigenvalue weighted by Gasteiger charge is 2.47. The first kappa shape index (κ1) is 37.2. The van der Waals surface area contributed by atoms with Gasteiger partial charge in [0.1, 0.15) is 0 Å². The third kappa shape index (κ3) is 7.96. The number of halogens is 4. The van der Waals surface area contributed by atoms with Crippen LogP contribution in [0.15, 0.2) is 107 Å². The summed E-state index contributed by atoms with van der Waals surface area (Å²) in [6.45, 7) is -3.63. The zero-order valence-corrected chi connectivity index (χ0v) is 28.8. The van der Waals surface area contributed by atoms with Crippen LogP contribution in [0.5, 0.6) is 0 Å². The first-order valence-electron chi connectivity index (χ1n) is 15.6. The Morgan fingerprint density at radius 3 is 2.00 bits per heavy atom. The van der Waals surface area contributed by atoms with Crippen LogP contribution in [0.4, 0.5) is 13.2 Å². The van der Waals surface area contributed by atoms with Gasteiger partial charge in [-0.1, -0.05) is 91.0 Å². The van der Waals surface area contributed by atoms with Gasteiger partial charge in [0.15, 0.2) is 6.23 Å². The molecule has 3 atom stereocenters. The summed E-state index contributed by atoms with van der Waals surface area (Å²) in [5.74, 6) is -2.14. The number of nitrogens with one attached hydrogen (secondary N) is 2. The number of alkyl halides is 3. The largest absolute Gasteiger partial charge is 0.471 e. The predicted octanol–water partition coefficient (Wildman–Crippen LogP) is 5.01. The van der Waals surface area contributed by atoms with Gasteiger partial charge < -0.3 is 19.6 Å². The van der Waals surface area contributed by atoms with Crippen molar-refractivity contribution in [1.29, 1.82) is 0 Å². The van der Waals surface area contributed by atoms with Crippen LogP contribution in [-0.4, -0.2) is 77.1 Å². The van der Waals surface area contributed by atoms with E-state index in [1.807, 2.05) is 91.0 Å². The van der Waals surface area contributed by atoms with Gasteiger partial charge in [-0.05, 0) is 41.9 Å². The number of hydrogen-bond acceptors (Lipinski definition) is 7. The Morgan fingerprint density at radius 1 is 0.980 bits per heavy atom. The Balaban J connectivity index is 1.55. The first-order chi connectivity index (χ1) is 23.7. The van der Waals surface area contributed by atoms with Gasteiger partial charge in [0, 0.05) is 37.9 Å². The Labute approximate surface area is 290 Å². The first-order valence-corrected chi connectivity index (χ1v) is 18.1. The van der Waals surface area contributed by atoms with E-state index in [1.54, 1.807) is 12.2 Å². The van der Waals surface area contributed by atoms with Crippen LogP contribution < -0.4 is 16.6 Å². The number of benzene rings is 3. The van der Waals surface area contributed by atoms with Crippen molar-refractivity contribution in [1.82, 2.24) is 24.4 Å². The molecule has 0 aliphatic carbocycles. The molecule has 0 radical (unpaired) electrons. The molecule has 1 saturated heterocycles. The van der Waals surface area contributed by atoms with Gasteiger partial charge in [0.2, 0.25) is 0 Å². The quantitative estimate of drug-likeness (QED) is 0.154. The number of aromatic nitrogens is 2. The number of aromatic amines is 1. The van der Waals surface area contributed by atoms with Crippen molar-refractivity contribution < 1.29 is 31.8 Å². The average molecular weight is 734 g/mol. The second-order valence-corrected chi connectivity index (χ2v) is 14.9. The molecular formula is C34H36ClF3N5O6P. The zero-order valence-electron chi connectivity index (χ0n) is 27.2. The third-order valence-electron chi connectivity index (χ3n) is 8.48. The lowest BCUT2D eigenvalue weighted by Crippen LogP contribution is -2.59. The van der Waals surface area contributed by atoms with Crippen molar-refractivity contribution in [3.8, 4) is 0 Å². The Hall–Kier alpha value is -4.04. The molecule has 16 heteroatoms. The van der Waals surface area contributed by atoms with Crippen LogP contribution in [0, 0.1) is 6.92 Å². The number of aryl methyl sites for hydroxylation is 1. The summed E-state index contributed by atoms with van der Waals surface area (Å²) < 4.78 is 65.3. The second kappa shape index (κ2) is 15.5. The van der Waals surface area contributed by atoms with Crippen molar-refractivity contribution in [2.24, 2.45) is 0 Å². The van der Waals surface area contributed by atoms with E-state index in [0.717, 1.165) is 25.9 Å². The molecule has 1 fully saturated rings. The molecule has 4 aromatic rings. The topological polar surface area (TPSA) is 126 Å². The lowest BCUT2D eigenvalue weighted by Gasteiger charge is -2.50. The van der Waals surface area contributed by atoms with Crippen LogP contribution in [0.1, 0.15) is 28.5 Å². The standard InChI is InChI=1S/C34H36ClF3N5O6P/c1-24-20-40-32(46)43(30(24)44)29-22-42(21-28(49-29)23-48-50(35,47)41(2)19-18-39-31(45)34(36,37)38)33(25-12-6-3-7-13-25,26-14-8-4-9-15-26)27-16-10-5-11-17-27/h3-17,20,28-29H,18-19,21-23H2,1-2H3,(H,39,45)(H,40,46)/t28-,29+,50?/m0/s1. The number of carbonyl (C=O) groups excluding carboxylic acids is 1. The van der Waals surface area contributed by atoms with Gasteiger partial charge in [-0.2, -0.15) is 13.2 Å². The summed E-state index contributed by atoms with van der Waals surface area (Å²) in [6.07, 6.45) is -5.83. The minimum Gasteiger partial charge on any atom is -0.349 e. The summed E-state index contributed by atoms with van der Waals surface area (Å²) in [5, 5.41) is 1.70. The van der Waals surface area contributed by atoms with Gasteiger partial charge >= 0.3 is 24.6 Å². The fourth-order valence-corrected chi connectivity index (χ4v) is 7.36. The fourth-order valence-electron chi connectivity index (χ4n) is 6.08. The summed E-state index contributed by atoms with van der Waals surface area (Å²) >= 11 is 6.29. The molecule has 0 saturated carbocycles. The van der Waals surface area contributed by atoms with Gasteiger partial charge in [-0.15, -0.1) is 0 Å². The van der Waals surface area contributed by atoms with Crippen LogP contribution in [-0.2, 0) is 24.2 Å². The van der Waals surface area contributed by atoms with E-state index in [9.17, 15) is 32.1 Å². The van der Waals surface area contributed by atoms with E-state index in [2.05, 4.69) is 9.88 Å². The van der Waals surface area contributed by atoms with Gasteiger partial charge in [0.25, 0.3) is 5.56 Å². The van der Waals surface area contributed by atoms with E-state index in [-0.39, 0.29) is 31.8 Å². The molecule has 5 rings (SSSR count). The minimum atomic E-state index is -5.07. The highest BCUT2D eigenvalue weighted by Crippen LogP contribution is 2.55. The molecule has 2 heterocycles. The number of nitrogens with zero attached hydrogens (tertiary/aromatic N) is 3. The maximum absolute atomic E-state index is 13.4. The number of likely N-dealkylation sites (N-methyl/N-ethyl adjacent to an activating group) is 1. The molecule has 11 nitrogen and oxygen atoms in total. The van der Waals surface area contributed by atoms with Gasteiger partial charge in [0.05, 0.1) is 18.2 Å². The number of morpholine rings is 1. The Morgan fingerprint density at radius 2 is 1.50 bits per heavy atom. The highest BCUT2D eigenvalue weighted by atomic mass is 35.7. The van der Waals surface area contributed by atoms with E-state index in [4.69, 9.17) is 20.5 Å². The highest BCUT2D eigenvalue weighted by molar-refractivity contribution is 7.83. The van der Waals surface area contributed by atoms with E-state index < -0.39 is 54.6 Å². The SMILES string of the molecule is Cc1c[nH]c(=O)n([C@H]2CN(C(c3ccccc3)(c3ccccc3)c3ccccc3)C[C@@H](COP(=O)(Cl)N(C)CCNC(=O)C(F)(F)F)O2)c1=O. The van der Waals surface area contributed by atoms with Crippen molar-refractivity contribution in [2.45, 2.75) is 31.0 Å². The number of ether oxygens (including phenoxy) is 1. The number of carbonyl (C=O) groups is 1. The normalized spacial score (nSPS) is 18.5. The number of rotatable bonds is 12. The molecule has 1 amide bonds. The van der Waals surface area contributed by atoms with Gasteiger partial charge in [-0.25, -0.2) is 14.0 Å². The maximum atomic E-state index is 13.4. The van der Waals surface area contributed by atoms with Crippen LogP contribution in [0.25, 0.3) is 0 Å². The Kier molecular flexibility index (Phi) is 11.5. The van der Waals surface area contributed by atoms with E-state index in [1.165, 1.54) is 13.2 Å². The van der Waals surface area contributed by atoms with Gasteiger partial charge in [-0.3, -0.25) is 19.1 Å². The minimum absolute atomic E-state index is 0.0545. The summed E-state index contributed by atoms with van der Waals surface area (Å²) in [6, 6.07) is 29.1. The molecule has 0 bridgehead atoms. The predicted molar refractivity (Wildman–Crippen MR) is 182 cm³/mol. The number of amides is 1. The summed E-state index contributed by atoms with van der Waals surface area (Å²) in [4.78, 5) is 42.5. The lowest BCUT2D eigenvalue weighted by molar-refractivity contribution is -0.173. The molecule has 1 aliphatic heterocycles. The zero-order chi connectivity index (χ0) is 36.1. The molecule has 1 unspecified atom stereocenters. The van der Waals surface area contributed by atoms with Crippen molar-refractivity contribution >= 4 is 24.0 Å². The van der Waals surface area contributed by atoms with Crippen molar-refractivity contribution in [3.63, 3.8) is 0 Å². The monoisotopic (exact) mass is 733 g/mol. The van der Waals surface area contributed by atoms with Crippen LogP contribution >= 0.6 is 18.1 Å². The number of hydrogen-bond donors (Lipinski definition) is 2. The second-order valence-electron chi connectivity index (χ2n) is 11.8. The third-order valence-corrected chi connectivity index (χ3v) is 11.0. The van der Waals surface area contributed by atoms with E-state index >= 15 is 0 Å². The molecule has 50 heavy (non-hydrogen) atoms. The van der Waals surface area contributed by atoms with E-state index in [0.29, 0.717) is 0 Å². The molecule has 266 valence electrons. The molecule has 1 aliphatic rings. The number of H-pyrrole nitrogens is 1. The average Bonchev–Trinajstić information content (AvgIpc) is 3.10. The van der Waals surface area contributed by atoms with Crippen molar-refractivity contribution in [3.05, 3.63) is 140 Å². The molecule has 3 aromatic carbocycles.